The van der Waals surface area contributed by atoms with Gasteiger partial charge in [0.15, 0.2) is 6.10 Å². The van der Waals surface area contributed by atoms with Crippen molar-refractivity contribution in [1.82, 2.24) is 4.90 Å². The van der Waals surface area contributed by atoms with Crippen LogP contribution in [-0.4, -0.2) is 72.2 Å². The normalized spacial score (nSPS) is 21.1. The molecule has 12 heteroatoms. The van der Waals surface area contributed by atoms with Gasteiger partial charge >= 0.3 is 17.9 Å². The standard InChI is InChI=1S/C26H36N4O8/c1-17-15-29(24(16-36-18(2)31)26(38-20(4)33)25(17)37-19(3)32)12-8-6-5-7-11-28-22-10-9-21(14-27)13-23(22)30(34)35/h9-10,13,17,24-26,28H,5-8,11-12,15-16H2,1-4H3/t17-,24+,25+,26+/m0/s1. The molecule has 38 heavy (non-hydrogen) atoms. The molecular formula is C26H36N4O8. The third kappa shape index (κ3) is 9.30. The summed E-state index contributed by atoms with van der Waals surface area (Å²) in [4.78, 5) is 47.9. The van der Waals surface area contributed by atoms with Gasteiger partial charge in [0.05, 0.1) is 22.6 Å². The molecule has 4 atom stereocenters. The molecule has 0 aliphatic carbocycles. The molecule has 0 radical (unpaired) electrons. The molecule has 0 spiro atoms. The smallest absolute Gasteiger partial charge is 0.303 e. The molecule has 1 aliphatic rings. The van der Waals surface area contributed by atoms with Crippen LogP contribution in [-0.2, 0) is 28.6 Å². The summed E-state index contributed by atoms with van der Waals surface area (Å²) in [5.41, 5.74) is 0.483. The predicted molar refractivity (Wildman–Crippen MR) is 137 cm³/mol. The Balaban J connectivity index is 1.92. The van der Waals surface area contributed by atoms with Gasteiger partial charge in [-0.2, -0.15) is 5.26 Å². The zero-order chi connectivity index (χ0) is 28.2. The van der Waals surface area contributed by atoms with E-state index < -0.39 is 41.1 Å². The summed E-state index contributed by atoms with van der Waals surface area (Å²) in [5.74, 6) is -1.55. The van der Waals surface area contributed by atoms with Crippen molar-refractivity contribution in [3.8, 4) is 6.07 Å². The molecule has 1 heterocycles. The van der Waals surface area contributed by atoms with Gasteiger partial charge in [0.2, 0.25) is 0 Å². The van der Waals surface area contributed by atoms with Crippen molar-refractivity contribution in [3.05, 3.63) is 33.9 Å². The number of hydrogen-bond acceptors (Lipinski definition) is 11. The van der Waals surface area contributed by atoms with E-state index in [0.29, 0.717) is 25.3 Å². The van der Waals surface area contributed by atoms with Crippen molar-refractivity contribution in [3.63, 3.8) is 0 Å². The molecule has 0 aromatic heterocycles. The van der Waals surface area contributed by atoms with Crippen LogP contribution in [0.2, 0.25) is 0 Å². The fraction of sp³-hybridized carbons (Fsp3) is 0.615. The summed E-state index contributed by atoms with van der Waals surface area (Å²) in [7, 11) is 0. The Morgan fingerprint density at radius 2 is 1.74 bits per heavy atom. The van der Waals surface area contributed by atoms with E-state index >= 15 is 0 Å². The van der Waals surface area contributed by atoms with Gasteiger partial charge in [0, 0.05) is 45.8 Å². The molecule has 1 aromatic carbocycles. The van der Waals surface area contributed by atoms with Crippen molar-refractivity contribution in [2.24, 2.45) is 5.92 Å². The SMILES string of the molecule is CC(=O)OC[C@@H]1[C@@H](OC(C)=O)[C@H](OC(C)=O)[C@@H](C)CN1CCCCCCNc1ccc(C#N)cc1[N+](=O)[O-]. The summed E-state index contributed by atoms with van der Waals surface area (Å²) in [5, 5.41) is 23.3. The Kier molecular flexibility index (Phi) is 11.9. The maximum Gasteiger partial charge on any atom is 0.303 e. The minimum Gasteiger partial charge on any atom is -0.464 e. The minimum atomic E-state index is -0.771. The number of unbranched alkanes of at least 4 members (excludes halogenated alkanes) is 3. The highest BCUT2D eigenvalue weighted by molar-refractivity contribution is 5.68. The number of ether oxygens (including phenoxy) is 3. The number of nitrogens with zero attached hydrogens (tertiary/aromatic N) is 3. The fourth-order valence-corrected chi connectivity index (χ4v) is 4.65. The summed E-state index contributed by atoms with van der Waals surface area (Å²) in [6.07, 6.45) is 1.95. The number of nitro benzene ring substituents is 1. The van der Waals surface area contributed by atoms with Crippen molar-refractivity contribution < 1.29 is 33.5 Å². The number of anilines is 1. The first-order chi connectivity index (χ1) is 18.0. The first-order valence-electron chi connectivity index (χ1n) is 12.7. The van der Waals surface area contributed by atoms with E-state index in [9.17, 15) is 24.5 Å². The lowest BCUT2D eigenvalue weighted by atomic mass is 9.87. The molecular weight excluding hydrogens is 496 g/mol. The van der Waals surface area contributed by atoms with E-state index in [1.165, 1.54) is 32.9 Å². The van der Waals surface area contributed by atoms with Gasteiger partial charge in [-0.3, -0.25) is 29.4 Å². The van der Waals surface area contributed by atoms with Gasteiger partial charge in [-0.05, 0) is 31.5 Å². The van der Waals surface area contributed by atoms with Gasteiger partial charge in [0.1, 0.15) is 18.4 Å². The van der Waals surface area contributed by atoms with E-state index in [2.05, 4.69) is 10.2 Å². The number of likely N-dealkylation sites (tertiary alicyclic amines) is 1. The summed E-state index contributed by atoms with van der Waals surface area (Å²) >= 11 is 0. The van der Waals surface area contributed by atoms with Gasteiger partial charge in [-0.15, -0.1) is 0 Å². The van der Waals surface area contributed by atoms with Crippen molar-refractivity contribution in [2.45, 2.75) is 71.6 Å². The Morgan fingerprint density at radius 3 is 2.34 bits per heavy atom. The highest BCUT2D eigenvalue weighted by atomic mass is 16.6. The lowest BCUT2D eigenvalue weighted by Crippen LogP contribution is -2.62. The maximum absolute atomic E-state index is 11.8. The number of hydrogen-bond donors (Lipinski definition) is 1. The van der Waals surface area contributed by atoms with Crippen molar-refractivity contribution >= 4 is 29.3 Å². The number of carbonyl (C=O) groups is 3. The second-order valence-electron chi connectivity index (χ2n) is 9.43. The van der Waals surface area contributed by atoms with Gasteiger partial charge in [-0.25, -0.2) is 0 Å². The van der Waals surface area contributed by atoms with Crippen LogP contribution in [0.1, 0.15) is 58.9 Å². The molecule has 1 saturated heterocycles. The first kappa shape index (κ1) is 30.5. The van der Waals surface area contributed by atoms with Crippen LogP contribution in [0.4, 0.5) is 11.4 Å². The zero-order valence-corrected chi connectivity index (χ0v) is 22.3. The molecule has 1 aromatic rings. The molecule has 0 saturated carbocycles. The molecule has 1 fully saturated rings. The zero-order valence-electron chi connectivity index (χ0n) is 22.3. The average Bonchev–Trinajstić information content (AvgIpc) is 2.84. The minimum absolute atomic E-state index is 0.00502. The molecule has 1 aliphatic heterocycles. The van der Waals surface area contributed by atoms with Crippen LogP contribution in [0.15, 0.2) is 18.2 Å². The van der Waals surface area contributed by atoms with Crippen LogP contribution in [0.5, 0.6) is 0 Å². The van der Waals surface area contributed by atoms with Crippen molar-refractivity contribution in [1.29, 1.82) is 5.26 Å². The van der Waals surface area contributed by atoms with Crippen LogP contribution in [0.25, 0.3) is 0 Å². The van der Waals surface area contributed by atoms with Gasteiger partial charge in [0.25, 0.3) is 5.69 Å². The van der Waals surface area contributed by atoms with E-state index in [-0.39, 0.29) is 23.8 Å². The molecule has 0 amide bonds. The number of nitro groups is 1. The maximum atomic E-state index is 11.8. The monoisotopic (exact) mass is 532 g/mol. The average molecular weight is 533 g/mol. The first-order valence-corrected chi connectivity index (χ1v) is 12.7. The second kappa shape index (κ2) is 14.9. The third-order valence-electron chi connectivity index (χ3n) is 6.33. The van der Waals surface area contributed by atoms with Crippen molar-refractivity contribution in [2.75, 3.05) is 31.6 Å². The number of nitrogens with one attached hydrogen (secondary N) is 1. The Morgan fingerprint density at radius 1 is 1.08 bits per heavy atom. The van der Waals surface area contributed by atoms with Gasteiger partial charge < -0.3 is 19.5 Å². The fourth-order valence-electron chi connectivity index (χ4n) is 4.65. The Bertz CT molecular complexity index is 1040. The Hall–Kier alpha value is -3.72. The predicted octanol–water partition coefficient (Wildman–Crippen LogP) is 3.19. The summed E-state index contributed by atoms with van der Waals surface area (Å²) < 4.78 is 16.3. The van der Waals surface area contributed by atoms with Crippen LogP contribution in [0.3, 0.4) is 0 Å². The molecule has 0 unspecified atom stereocenters. The largest absolute Gasteiger partial charge is 0.464 e. The highest BCUT2D eigenvalue weighted by Crippen LogP contribution is 2.29. The lowest BCUT2D eigenvalue weighted by molar-refractivity contribution is -0.384. The number of rotatable bonds is 13. The summed E-state index contributed by atoms with van der Waals surface area (Å²) in [6, 6.07) is 5.78. The van der Waals surface area contributed by atoms with Crippen LogP contribution in [0, 0.1) is 27.4 Å². The third-order valence-corrected chi connectivity index (χ3v) is 6.33. The highest BCUT2D eigenvalue weighted by Gasteiger charge is 2.46. The molecule has 208 valence electrons. The number of piperidine rings is 1. The van der Waals surface area contributed by atoms with E-state index in [1.54, 1.807) is 6.07 Å². The molecule has 0 bridgehead atoms. The van der Waals surface area contributed by atoms with Crippen LogP contribution >= 0.6 is 0 Å². The number of nitriles is 1. The number of esters is 3. The number of benzene rings is 1. The van der Waals surface area contributed by atoms with Gasteiger partial charge in [-0.1, -0.05) is 19.8 Å². The number of carbonyl (C=O) groups excluding carboxylic acids is 3. The molecule has 2 rings (SSSR count). The Labute approximate surface area is 222 Å². The quantitative estimate of drug-likeness (QED) is 0.131. The second-order valence-corrected chi connectivity index (χ2v) is 9.43. The van der Waals surface area contributed by atoms with E-state index in [1.807, 2.05) is 13.0 Å². The topological polar surface area (TPSA) is 161 Å². The summed E-state index contributed by atoms with van der Waals surface area (Å²) in [6.45, 7) is 7.61. The molecule has 1 N–H and O–H groups in total. The molecule has 12 nitrogen and oxygen atoms in total. The van der Waals surface area contributed by atoms with E-state index in [4.69, 9.17) is 19.5 Å². The van der Waals surface area contributed by atoms with E-state index in [0.717, 1.165) is 25.7 Å². The lowest BCUT2D eigenvalue weighted by Gasteiger charge is -2.46. The van der Waals surface area contributed by atoms with Crippen LogP contribution < -0.4 is 5.32 Å².